The van der Waals surface area contributed by atoms with Crippen LogP contribution in [0.5, 0.6) is 11.5 Å². The van der Waals surface area contributed by atoms with Gasteiger partial charge < -0.3 is 14.8 Å². The lowest BCUT2D eigenvalue weighted by Gasteiger charge is -2.07. The molecule has 0 heterocycles. The number of nitrogens with one attached hydrogen (secondary N) is 2. The van der Waals surface area contributed by atoms with Gasteiger partial charge in [-0.2, -0.15) is 5.10 Å². The predicted molar refractivity (Wildman–Crippen MR) is 137 cm³/mol. The number of hydrogen-bond donors (Lipinski definition) is 2. The first-order valence-corrected chi connectivity index (χ1v) is 11.2. The Hall–Kier alpha value is -4.98. The molecule has 4 aromatic carbocycles. The van der Waals surface area contributed by atoms with Gasteiger partial charge in [0.05, 0.1) is 18.4 Å². The van der Waals surface area contributed by atoms with E-state index in [1.54, 1.807) is 60.7 Å². The molecular formula is C28H23N3O5. The third kappa shape index (κ3) is 6.12. The maximum absolute atomic E-state index is 12.3. The van der Waals surface area contributed by atoms with Crippen LogP contribution in [0.3, 0.4) is 0 Å². The highest BCUT2D eigenvalue weighted by Gasteiger charge is 2.14. The summed E-state index contributed by atoms with van der Waals surface area (Å²) < 4.78 is 10.7. The maximum atomic E-state index is 12.3. The second kappa shape index (κ2) is 11.4. The summed E-state index contributed by atoms with van der Waals surface area (Å²) in [4.78, 5) is 36.7. The zero-order chi connectivity index (χ0) is 25.3. The van der Waals surface area contributed by atoms with Crippen molar-refractivity contribution in [1.29, 1.82) is 0 Å². The van der Waals surface area contributed by atoms with Crippen molar-refractivity contribution in [3.8, 4) is 11.5 Å². The highest BCUT2D eigenvalue weighted by Crippen LogP contribution is 2.22. The Bertz CT molecular complexity index is 1410. The van der Waals surface area contributed by atoms with Crippen molar-refractivity contribution in [2.45, 2.75) is 6.92 Å². The molecule has 0 unspecified atom stereocenters. The fourth-order valence-corrected chi connectivity index (χ4v) is 3.37. The fourth-order valence-electron chi connectivity index (χ4n) is 3.37. The summed E-state index contributed by atoms with van der Waals surface area (Å²) in [5.41, 5.74) is 3.77. The van der Waals surface area contributed by atoms with E-state index in [2.05, 4.69) is 15.8 Å². The van der Waals surface area contributed by atoms with Crippen LogP contribution < -0.4 is 20.2 Å². The summed E-state index contributed by atoms with van der Waals surface area (Å²) in [6, 6.07) is 26.2. The monoisotopic (exact) mass is 481 g/mol. The van der Waals surface area contributed by atoms with E-state index in [-0.39, 0.29) is 0 Å². The molecule has 4 aromatic rings. The van der Waals surface area contributed by atoms with E-state index in [1.807, 2.05) is 37.3 Å². The van der Waals surface area contributed by atoms with Crippen molar-refractivity contribution in [1.82, 2.24) is 5.43 Å². The minimum absolute atomic E-state index is 0.351. The number of ether oxygens (including phenoxy) is 2. The minimum atomic E-state index is -0.903. The molecule has 0 atom stereocenters. The first-order valence-electron chi connectivity index (χ1n) is 11.2. The first kappa shape index (κ1) is 24.2. The van der Waals surface area contributed by atoms with Crippen molar-refractivity contribution in [3.05, 3.63) is 102 Å². The molecule has 0 bridgehead atoms. The first-order chi connectivity index (χ1) is 17.5. The number of hydrogen-bond acceptors (Lipinski definition) is 6. The molecule has 0 saturated heterocycles. The summed E-state index contributed by atoms with van der Waals surface area (Å²) in [6.07, 6.45) is 1.38. The normalized spacial score (nSPS) is 10.7. The van der Waals surface area contributed by atoms with Crippen molar-refractivity contribution >= 4 is 40.5 Å². The quantitative estimate of drug-likeness (QED) is 0.132. The van der Waals surface area contributed by atoms with Gasteiger partial charge >= 0.3 is 17.8 Å². The van der Waals surface area contributed by atoms with Crippen molar-refractivity contribution in [2.75, 3.05) is 11.9 Å². The molecule has 0 radical (unpaired) electrons. The number of rotatable bonds is 7. The number of nitrogens with zero attached hydrogens (tertiary/aromatic N) is 1. The van der Waals surface area contributed by atoms with Gasteiger partial charge in [0.15, 0.2) is 0 Å². The van der Waals surface area contributed by atoms with E-state index in [0.717, 1.165) is 10.8 Å². The number of fused-ring (bicyclic) bond motifs is 1. The highest BCUT2D eigenvalue weighted by atomic mass is 16.5. The van der Waals surface area contributed by atoms with Gasteiger partial charge in [-0.1, -0.05) is 36.4 Å². The summed E-state index contributed by atoms with van der Waals surface area (Å²) in [5, 5.41) is 8.20. The Balaban J connectivity index is 1.29. The average molecular weight is 482 g/mol. The Morgan fingerprint density at radius 1 is 0.806 bits per heavy atom. The molecule has 0 aliphatic carbocycles. The van der Waals surface area contributed by atoms with Crippen molar-refractivity contribution in [3.63, 3.8) is 0 Å². The predicted octanol–water partition coefficient (Wildman–Crippen LogP) is 4.55. The van der Waals surface area contributed by atoms with E-state index < -0.39 is 17.8 Å². The van der Waals surface area contributed by atoms with Crippen molar-refractivity contribution < 1.29 is 23.9 Å². The zero-order valence-electron chi connectivity index (χ0n) is 19.4. The van der Waals surface area contributed by atoms with Gasteiger partial charge in [-0.05, 0) is 72.5 Å². The number of benzene rings is 4. The van der Waals surface area contributed by atoms with Crippen LogP contribution in [0.1, 0.15) is 22.8 Å². The molecule has 2 N–H and O–H groups in total. The van der Waals surface area contributed by atoms with E-state index in [0.29, 0.717) is 34.9 Å². The third-order valence-electron chi connectivity index (χ3n) is 5.12. The number of amides is 2. The maximum Gasteiger partial charge on any atom is 0.343 e. The molecule has 0 fully saturated rings. The molecule has 0 aliphatic heterocycles. The van der Waals surface area contributed by atoms with Crippen LogP contribution in [-0.4, -0.2) is 30.6 Å². The topological polar surface area (TPSA) is 106 Å². The summed E-state index contributed by atoms with van der Waals surface area (Å²) in [7, 11) is 0. The van der Waals surface area contributed by atoms with Crippen LogP contribution in [0.25, 0.3) is 10.8 Å². The summed E-state index contributed by atoms with van der Waals surface area (Å²) in [5.74, 6) is -1.20. The third-order valence-corrected chi connectivity index (χ3v) is 5.12. The SMILES string of the molecule is CCOc1ccc(C(=O)Oc2ccc(/C=N/NC(=O)C(=O)Nc3cccc4ccccc34)cc2)cc1. The van der Waals surface area contributed by atoms with Gasteiger partial charge in [0, 0.05) is 11.1 Å². The van der Waals surface area contributed by atoms with Gasteiger partial charge in [-0.25, -0.2) is 10.2 Å². The van der Waals surface area contributed by atoms with Gasteiger partial charge in [-0.15, -0.1) is 0 Å². The van der Waals surface area contributed by atoms with Gasteiger partial charge in [0.25, 0.3) is 0 Å². The Labute approximate surface area is 207 Å². The lowest BCUT2D eigenvalue weighted by molar-refractivity contribution is -0.136. The summed E-state index contributed by atoms with van der Waals surface area (Å²) >= 11 is 0. The number of hydrazone groups is 1. The van der Waals surface area contributed by atoms with E-state index in [4.69, 9.17) is 9.47 Å². The van der Waals surface area contributed by atoms with Crippen LogP contribution in [0, 0.1) is 0 Å². The smallest absolute Gasteiger partial charge is 0.343 e. The van der Waals surface area contributed by atoms with Crippen molar-refractivity contribution in [2.24, 2.45) is 5.10 Å². The molecule has 180 valence electrons. The standard InChI is InChI=1S/C28H23N3O5/c1-2-35-22-16-12-21(13-17-22)28(34)36-23-14-10-19(11-15-23)18-29-31-27(33)26(32)30-25-9-5-7-20-6-3-4-8-24(20)25/h3-18H,2H2,1H3,(H,30,32)(H,31,33)/b29-18+. The van der Waals surface area contributed by atoms with Crippen LogP contribution in [0.2, 0.25) is 0 Å². The molecule has 2 amide bonds. The molecule has 8 heteroatoms. The molecule has 4 rings (SSSR count). The second-order valence-electron chi connectivity index (χ2n) is 7.60. The lowest BCUT2D eigenvalue weighted by atomic mass is 10.1. The minimum Gasteiger partial charge on any atom is -0.494 e. The van der Waals surface area contributed by atoms with Crippen LogP contribution in [0.4, 0.5) is 5.69 Å². The molecular weight excluding hydrogens is 458 g/mol. The van der Waals surface area contributed by atoms with Crippen LogP contribution >= 0.6 is 0 Å². The molecule has 0 saturated carbocycles. The number of carbonyl (C=O) groups excluding carboxylic acids is 3. The molecule has 0 spiro atoms. The Morgan fingerprint density at radius 2 is 1.50 bits per heavy atom. The lowest BCUT2D eigenvalue weighted by Crippen LogP contribution is -2.32. The zero-order valence-corrected chi connectivity index (χ0v) is 19.4. The van der Waals surface area contributed by atoms with E-state index in [1.165, 1.54) is 6.21 Å². The second-order valence-corrected chi connectivity index (χ2v) is 7.60. The Morgan fingerprint density at radius 3 is 2.25 bits per heavy atom. The highest BCUT2D eigenvalue weighted by molar-refractivity contribution is 6.40. The Kier molecular flexibility index (Phi) is 7.67. The molecule has 8 nitrogen and oxygen atoms in total. The number of carbonyl (C=O) groups is 3. The van der Waals surface area contributed by atoms with Gasteiger partial charge in [-0.3, -0.25) is 9.59 Å². The largest absolute Gasteiger partial charge is 0.494 e. The number of anilines is 1. The van der Waals surface area contributed by atoms with Crippen LogP contribution in [-0.2, 0) is 9.59 Å². The van der Waals surface area contributed by atoms with Crippen LogP contribution in [0.15, 0.2) is 96.1 Å². The van der Waals surface area contributed by atoms with Gasteiger partial charge in [0.2, 0.25) is 0 Å². The average Bonchev–Trinajstić information content (AvgIpc) is 2.90. The molecule has 0 aliphatic rings. The summed E-state index contributed by atoms with van der Waals surface area (Å²) in [6.45, 7) is 2.43. The molecule has 36 heavy (non-hydrogen) atoms. The number of esters is 1. The van der Waals surface area contributed by atoms with E-state index in [9.17, 15) is 14.4 Å². The van der Waals surface area contributed by atoms with Gasteiger partial charge in [0.1, 0.15) is 11.5 Å². The molecule has 0 aromatic heterocycles. The fraction of sp³-hybridized carbons (Fsp3) is 0.0714. The van der Waals surface area contributed by atoms with E-state index >= 15 is 0 Å².